The molecule has 1 fully saturated rings. The molecule has 0 bridgehead atoms. The Kier molecular flexibility index (Phi) is 6.91. The van der Waals surface area contributed by atoms with Gasteiger partial charge in [0, 0.05) is 23.2 Å². The van der Waals surface area contributed by atoms with E-state index in [1.165, 1.54) is 32.4 Å². The lowest BCUT2D eigenvalue weighted by atomic mass is 10.0. The second-order valence-corrected chi connectivity index (χ2v) is 8.87. The number of aromatic nitrogens is 2. The minimum atomic E-state index is -0.0595. The molecule has 0 unspecified atom stereocenters. The fourth-order valence-electron chi connectivity index (χ4n) is 4.58. The molecule has 1 aliphatic rings. The van der Waals surface area contributed by atoms with E-state index in [-0.39, 0.29) is 5.91 Å². The van der Waals surface area contributed by atoms with E-state index in [9.17, 15) is 4.79 Å². The van der Waals surface area contributed by atoms with Crippen molar-refractivity contribution in [1.29, 1.82) is 0 Å². The molecule has 5 rings (SSSR count). The molecular formula is C29H30N4O. The molecule has 5 nitrogen and oxygen atoms in total. The number of piperidine rings is 1. The molecule has 1 saturated heterocycles. The highest BCUT2D eigenvalue weighted by molar-refractivity contribution is 5.98. The Morgan fingerprint density at radius 2 is 1.38 bits per heavy atom. The molecule has 0 aliphatic carbocycles. The average Bonchev–Trinajstić information content (AvgIpc) is 2.91. The van der Waals surface area contributed by atoms with Crippen LogP contribution in [0.25, 0.3) is 33.5 Å². The predicted octanol–water partition coefficient (Wildman–Crippen LogP) is 5.57. The van der Waals surface area contributed by atoms with Crippen LogP contribution >= 0.6 is 0 Å². The standard InChI is InChI=1S/C29H30N4O/c34-29(30-17-10-20-33-18-8-3-9-19-33)24-15-16-25-26(21-24)32-28(23-13-6-2-7-14-23)27(31-25)22-11-4-1-5-12-22/h1-2,4-7,11-16,21H,3,8-10,17-20H2,(H,30,34). The van der Waals surface area contributed by atoms with Crippen molar-refractivity contribution in [3.63, 3.8) is 0 Å². The maximum absolute atomic E-state index is 12.8. The first-order valence-electron chi connectivity index (χ1n) is 12.2. The topological polar surface area (TPSA) is 58.1 Å². The van der Waals surface area contributed by atoms with Crippen molar-refractivity contribution in [2.45, 2.75) is 25.7 Å². The number of fused-ring (bicyclic) bond motifs is 1. The fourth-order valence-corrected chi connectivity index (χ4v) is 4.58. The number of hydrogen-bond acceptors (Lipinski definition) is 4. The van der Waals surface area contributed by atoms with Gasteiger partial charge in [0.05, 0.1) is 22.4 Å². The second-order valence-electron chi connectivity index (χ2n) is 8.87. The van der Waals surface area contributed by atoms with Gasteiger partial charge >= 0.3 is 0 Å². The van der Waals surface area contributed by atoms with Crippen LogP contribution in [0.5, 0.6) is 0 Å². The summed E-state index contributed by atoms with van der Waals surface area (Å²) in [5.41, 5.74) is 5.80. The Balaban J connectivity index is 1.37. The first kappa shape index (κ1) is 22.2. The zero-order valence-corrected chi connectivity index (χ0v) is 19.4. The van der Waals surface area contributed by atoms with Crippen LogP contribution in [0.3, 0.4) is 0 Å². The third kappa shape index (κ3) is 5.15. The second kappa shape index (κ2) is 10.6. The van der Waals surface area contributed by atoms with E-state index in [0.717, 1.165) is 46.5 Å². The molecule has 5 heteroatoms. The van der Waals surface area contributed by atoms with Crippen LogP contribution in [-0.4, -0.2) is 47.0 Å². The van der Waals surface area contributed by atoms with Gasteiger partial charge in [-0.05, 0) is 57.1 Å². The van der Waals surface area contributed by atoms with Crippen molar-refractivity contribution < 1.29 is 4.79 Å². The van der Waals surface area contributed by atoms with E-state index in [4.69, 9.17) is 9.97 Å². The highest BCUT2D eigenvalue weighted by Crippen LogP contribution is 2.31. The molecule has 2 heterocycles. The SMILES string of the molecule is O=C(NCCCN1CCCCC1)c1ccc2nc(-c3ccccc3)c(-c3ccccc3)nc2c1. The monoisotopic (exact) mass is 450 g/mol. The normalized spacial score (nSPS) is 14.2. The maximum Gasteiger partial charge on any atom is 0.251 e. The van der Waals surface area contributed by atoms with E-state index in [2.05, 4.69) is 10.2 Å². The van der Waals surface area contributed by atoms with E-state index in [0.29, 0.717) is 12.1 Å². The number of rotatable bonds is 7. The third-order valence-electron chi connectivity index (χ3n) is 6.41. The third-order valence-corrected chi connectivity index (χ3v) is 6.41. The molecule has 0 saturated carbocycles. The number of hydrogen-bond donors (Lipinski definition) is 1. The number of nitrogens with zero attached hydrogens (tertiary/aromatic N) is 3. The molecule has 0 radical (unpaired) electrons. The molecule has 172 valence electrons. The van der Waals surface area contributed by atoms with Crippen LogP contribution in [0.4, 0.5) is 0 Å². The van der Waals surface area contributed by atoms with E-state index >= 15 is 0 Å². The average molecular weight is 451 g/mol. The van der Waals surface area contributed by atoms with Gasteiger partial charge in [0.25, 0.3) is 5.91 Å². The van der Waals surface area contributed by atoms with Crippen molar-refractivity contribution in [3.8, 4) is 22.5 Å². The van der Waals surface area contributed by atoms with Crippen LogP contribution < -0.4 is 5.32 Å². The van der Waals surface area contributed by atoms with Crippen molar-refractivity contribution in [2.24, 2.45) is 0 Å². The molecule has 4 aromatic rings. The number of amides is 1. The molecule has 1 N–H and O–H groups in total. The Bertz CT molecular complexity index is 1250. The Morgan fingerprint density at radius 1 is 0.765 bits per heavy atom. The quantitative estimate of drug-likeness (QED) is 0.374. The lowest BCUT2D eigenvalue weighted by Crippen LogP contribution is -2.33. The number of likely N-dealkylation sites (tertiary alicyclic amines) is 1. The van der Waals surface area contributed by atoms with Crippen LogP contribution in [0, 0.1) is 0 Å². The van der Waals surface area contributed by atoms with Crippen molar-refractivity contribution in [1.82, 2.24) is 20.2 Å². The van der Waals surface area contributed by atoms with Crippen molar-refractivity contribution >= 4 is 16.9 Å². The summed E-state index contributed by atoms with van der Waals surface area (Å²) in [7, 11) is 0. The molecule has 0 atom stereocenters. The number of nitrogens with one attached hydrogen (secondary N) is 1. The molecular weight excluding hydrogens is 420 g/mol. The van der Waals surface area contributed by atoms with Gasteiger partial charge in [0.1, 0.15) is 0 Å². The Labute approximate surface area is 200 Å². The molecule has 0 spiro atoms. The summed E-state index contributed by atoms with van der Waals surface area (Å²) in [6, 6.07) is 25.8. The van der Waals surface area contributed by atoms with E-state index in [1.54, 1.807) is 0 Å². The fraction of sp³-hybridized carbons (Fsp3) is 0.276. The maximum atomic E-state index is 12.8. The van der Waals surface area contributed by atoms with Gasteiger partial charge in [-0.1, -0.05) is 67.1 Å². The summed E-state index contributed by atoms with van der Waals surface area (Å²) >= 11 is 0. The first-order chi connectivity index (χ1) is 16.8. The molecule has 1 aromatic heterocycles. The number of carbonyl (C=O) groups is 1. The van der Waals surface area contributed by atoms with Crippen LogP contribution in [0.15, 0.2) is 78.9 Å². The summed E-state index contributed by atoms with van der Waals surface area (Å²) in [4.78, 5) is 25.2. The van der Waals surface area contributed by atoms with Crippen molar-refractivity contribution in [2.75, 3.05) is 26.2 Å². The van der Waals surface area contributed by atoms with Gasteiger partial charge in [-0.2, -0.15) is 0 Å². The number of carbonyl (C=O) groups excluding carboxylic acids is 1. The Morgan fingerprint density at radius 3 is 2.03 bits per heavy atom. The zero-order chi connectivity index (χ0) is 23.2. The Hall–Kier alpha value is -3.57. The van der Waals surface area contributed by atoms with Gasteiger partial charge in [-0.25, -0.2) is 9.97 Å². The lowest BCUT2D eigenvalue weighted by Gasteiger charge is -2.26. The molecule has 3 aromatic carbocycles. The zero-order valence-electron chi connectivity index (χ0n) is 19.4. The summed E-state index contributed by atoms with van der Waals surface area (Å²) < 4.78 is 0. The van der Waals surface area contributed by atoms with Gasteiger partial charge in [-0.3, -0.25) is 4.79 Å². The summed E-state index contributed by atoms with van der Waals surface area (Å²) in [6.45, 7) is 4.10. The highest BCUT2D eigenvalue weighted by Gasteiger charge is 2.15. The van der Waals surface area contributed by atoms with Gasteiger partial charge in [-0.15, -0.1) is 0 Å². The van der Waals surface area contributed by atoms with Gasteiger partial charge in [0.15, 0.2) is 0 Å². The summed E-state index contributed by atoms with van der Waals surface area (Å²) in [6.07, 6.45) is 4.90. The highest BCUT2D eigenvalue weighted by atomic mass is 16.1. The van der Waals surface area contributed by atoms with Crippen molar-refractivity contribution in [3.05, 3.63) is 84.4 Å². The molecule has 34 heavy (non-hydrogen) atoms. The van der Waals surface area contributed by atoms with Crippen LogP contribution in [0.1, 0.15) is 36.0 Å². The lowest BCUT2D eigenvalue weighted by molar-refractivity contribution is 0.0951. The molecule has 1 amide bonds. The van der Waals surface area contributed by atoms with Crippen LogP contribution in [0.2, 0.25) is 0 Å². The smallest absolute Gasteiger partial charge is 0.251 e. The van der Waals surface area contributed by atoms with E-state index in [1.807, 2.05) is 78.9 Å². The summed E-state index contributed by atoms with van der Waals surface area (Å²) in [5, 5.41) is 3.07. The van der Waals surface area contributed by atoms with Gasteiger partial charge in [0.2, 0.25) is 0 Å². The van der Waals surface area contributed by atoms with Crippen LogP contribution in [-0.2, 0) is 0 Å². The minimum absolute atomic E-state index is 0.0595. The summed E-state index contributed by atoms with van der Waals surface area (Å²) in [5.74, 6) is -0.0595. The largest absolute Gasteiger partial charge is 0.352 e. The predicted molar refractivity (Wildman–Crippen MR) is 138 cm³/mol. The minimum Gasteiger partial charge on any atom is -0.352 e. The first-order valence-corrected chi connectivity index (χ1v) is 12.2. The number of benzene rings is 3. The molecule has 1 aliphatic heterocycles. The van der Waals surface area contributed by atoms with Gasteiger partial charge < -0.3 is 10.2 Å². The van der Waals surface area contributed by atoms with E-state index < -0.39 is 0 Å².